The van der Waals surface area contributed by atoms with Gasteiger partial charge in [0.05, 0.1) is 13.2 Å². The second-order valence-corrected chi connectivity index (χ2v) is 11.6. The van der Waals surface area contributed by atoms with Crippen molar-refractivity contribution in [3.05, 3.63) is 0 Å². The van der Waals surface area contributed by atoms with E-state index in [9.17, 15) is 9.90 Å². The van der Waals surface area contributed by atoms with Crippen molar-refractivity contribution in [2.75, 3.05) is 7.11 Å². The van der Waals surface area contributed by atoms with Crippen molar-refractivity contribution in [2.45, 2.75) is 97.1 Å². The van der Waals surface area contributed by atoms with Crippen molar-refractivity contribution in [3.63, 3.8) is 0 Å². The number of hydrogen-bond acceptors (Lipinski definition) is 4. The summed E-state index contributed by atoms with van der Waals surface area (Å²) in [6.45, 7) is 7.21. The van der Waals surface area contributed by atoms with Crippen LogP contribution in [0, 0.1) is 46.3 Å². The van der Waals surface area contributed by atoms with Crippen molar-refractivity contribution in [1.29, 1.82) is 0 Å². The van der Waals surface area contributed by atoms with Crippen molar-refractivity contribution in [3.8, 4) is 0 Å². The number of rotatable bonds is 4. The number of carbonyl (C=O) groups is 1. The summed E-state index contributed by atoms with van der Waals surface area (Å²) in [5, 5.41) is 11.6. The number of carbonyl (C=O) groups excluding carboxylic acids is 1. The maximum atomic E-state index is 11.7. The highest BCUT2D eigenvalue weighted by Crippen LogP contribution is 2.68. The molecule has 3 unspecified atom stereocenters. The molecule has 4 aliphatic rings. The Balaban J connectivity index is 1.53. The van der Waals surface area contributed by atoms with Crippen LogP contribution in [0.1, 0.15) is 85.0 Å². The summed E-state index contributed by atoms with van der Waals surface area (Å²) in [6, 6.07) is 0.384. The monoisotopic (exact) mass is 405 g/mol. The Morgan fingerprint density at radius 2 is 1.90 bits per heavy atom. The van der Waals surface area contributed by atoms with Crippen LogP contribution in [0.25, 0.3) is 0 Å². The van der Waals surface area contributed by atoms with Crippen LogP contribution in [0.2, 0.25) is 0 Å². The van der Waals surface area contributed by atoms with Gasteiger partial charge in [-0.1, -0.05) is 20.8 Å². The molecule has 3 N–H and O–H groups in total. The molecule has 0 saturated heterocycles. The Morgan fingerprint density at radius 1 is 1.14 bits per heavy atom. The summed E-state index contributed by atoms with van der Waals surface area (Å²) in [5.41, 5.74) is 6.71. The minimum Gasteiger partial charge on any atom is -0.469 e. The first-order chi connectivity index (χ1) is 13.7. The molecule has 4 saturated carbocycles. The van der Waals surface area contributed by atoms with Gasteiger partial charge >= 0.3 is 5.97 Å². The standard InChI is InChI=1S/C25H43NO3/c1-15(5-10-23(28)29-4)19-8-9-20-18-7-6-16-13-17(26)11-12-24(16,2)21(18)14-22(27)25(19,20)3/h15-22,27H,5-14,26H2,1-4H3/t15-,16-,17-,18?,19-,20?,21?,22+,24+,25-/m1/s1. The van der Waals surface area contributed by atoms with Gasteiger partial charge < -0.3 is 15.6 Å². The topological polar surface area (TPSA) is 72.5 Å². The van der Waals surface area contributed by atoms with Crippen LogP contribution in [0.4, 0.5) is 0 Å². The molecule has 4 heteroatoms. The molecule has 0 aliphatic heterocycles. The van der Waals surface area contributed by atoms with E-state index in [0.717, 1.165) is 31.1 Å². The van der Waals surface area contributed by atoms with E-state index in [1.54, 1.807) is 0 Å². The molecule has 4 rings (SSSR count). The zero-order valence-corrected chi connectivity index (χ0v) is 19.0. The molecule has 0 aromatic carbocycles. The van der Waals surface area contributed by atoms with E-state index in [4.69, 9.17) is 10.5 Å². The molecular weight excluding hydrogens is 362 g/mol. The maximum Gasteiger partial charge on any atom is 0.305 e. The van der Waals surface area contributed by atoms with Gasteiger partial charge in [-0.15, -0.1) is 0 Å². The molecule has 4 aliphatic carbocycles. The molecule has 4 fully saturated rings. The number of fused-ring (bicyclic) bond motifs is 5. The molecule has 0 radical (unpaired) electrons. The number of aliphatic hydroxyl groups excluding tert-OH is 1. The third kappa shape index (κ3) is 3.37. The normalized spacial score (nSPS) is 50.2. The average molecular weight is 406 g/mol. The van der Waals surface area contributed by atoms with Gasteiger partial charge in [0.2, 0.25) is 0 Å². The minimum absolute atomic E-state index is 0.00493. The summed E-state index contributed by atoms with van der Waals surface area (Å²) >= 11 is 0. The van der Waals surface area contributed by atoms with E-state index in [1.165, 1.54) is 45.6 Å². The highest BCUT2D eigenvalue weighted by molar-refractivity contribution is 5.69. The molecular formula is C25H43NO3. The molecule has 0 aromatic heterocycles. The predicted octanol–water partition coefficient (Wildman–Crippen LogP) is 4.53. The highest BCUT2D eigenvalue weighted by Gasteiger charge is 2.63. The SMILES string of the molecule is COC(=O)CC[C@@H](C)[C@H]1CCC2C3CC[C@@H]4C[C@H](N)CC[C@]4(C)C3C[C@H](O)[C@@]21C. The molecule has 0 heterocycles. The number of methoxy groups -OCH3 is 1. The van der Waals surface area contributed by atoms with E-state index in [0.29, 0.717) is 41.5 Å². The van der Waals surface area contributed by atoms with Crippen LogP contribution in [-0.4, -0.2) is 30.3 Å². The van der Waals surface area contributed by atoms with Crippen molar-refractivity contribution < 1.29 is 14.6 Å². The van der Waals surface area contributed by atoms with Crippen LogP contribution < -0.4 is 5.73 Å². The molecule has 0 aromatic rings. The number of ether oxygens (including phenoxy) is 1. The van der Waals surface area contributed by atoms with Crippen molar-refractivity contribution in [2.24, 2.45) is 52.1 Å². The van der Waals surface area contributed by atoms with Gasteiger partial charge in [0, 0.05) is 12.5 Å². The van der Waals surface area contributed by atoms with E-state index in [-0.39, 0.29) is 17.5 Å². The lowest BCUT2D eigenvalue weighted by atomic mass is 9.43. The van der Waals surface area contributed by atoms with Crippen molar-refractivity contribution in [1.82, 2.24) is 0 Å². The first-order valence-electron chi connectivity index (χ1n) is 12.2. The van der Waals surface area contributed by atoms with Gasteiger partial charge in [-0.05, 0) is 104 Å². The zero-order chi connectivity index (χ0) is 21.0. The number of esters is 1. The quantitative estimate of drug-likeness (QED) is 0.674. The molecule has 0 bridgehead atoms. The lowest BCUT2D eigenvalue weighted by Gasteiger charge is -2.62. The molecule has 0 amide bonds. The lowest BCUT2D eigenvalue weighted by Crippen LogP contribution is -2.59. The largest absolute Gasteiger partial charge is 0.469 e. The second kappa shape index (κ2) is 7.82. The fraction of sp³-hybridized carbons (Fsp3) is 0.960. The van der Waals surface area contributed by atoms with Crippen LogP contribution in [0.5, 0.6) is 0 Å². The Bertz CT molecular complexity index is 623. The first-order valence-corrected chi connectivity index (χ1v) is 12.2. The summed E-state index contributed by atoms with van der Waals surface area (Å²) in [7, 11) is 1.47. The molecule has 10 atom stereocenters. The maximum absolute atomic E-state index is 11.7. The number of nitrogens with two attached hydrogens (primary N) is 1. The Kier molecular flexibility index (Phi) is 5.83. The Hall–Kier alpha value is -0.610. The number of hydrogen-bond donors (Lipinski definition) is 2. The van der Waals surface area contributed by atoms with E-state index >= 15 is 0 Å². The molecule has 4 nitrogen and oxygen atoms in total. The van der Waals surface area contributed by atoms with Gasteiger partial charge in [-0.25, -0.2) is 0 Å². The summed E-state index contributed by atoms with van der Waals surface area (Å²) in [5.74, 6) is 3.66. The Labute approximate surface area is 177 Å². The Morgan fingerprint density at radius 3 is 2.62 bits per heavy atom. The summed E-state index contributed by atoms with van der Waals surface area (Å²) in [4.78, 5) is 11.7. The zero-order valence-electron chi connectivity index (χ0n) is 19.0. The third-order valence-corrected chi connectivity index (χ3v) is 10.6. The van der Waals surface area contributed by atoms with Gasteiger partial charge in [-0.3, -0.25) is 4.79 Å². The van der Waals surface area contributed by atoms with E-state index in [2.05, 4.69) is 20.8 Å². The number of aliphatic hydroxyl groups is 1. The van der Waals surface area contributed by atoms with Crippen LogP contribution in [0.3, 0.4) is 0 Å². The van der Waals surface area contributed by atoms with Gasteiger partial charge in [0.25, 0.3) is 0 Å². The smallest absolute Gasteiger partial charge is 0.305 e. The van der Waals surface area contributed by atoms with Gasteiger partial charge in [-0.2, -0.15) is 0 Å². The van der Waals surface area contributed by atoms with Crippen molar-refractivity contribution >= 4 is 5.97 Å². The fourth-order valence-corrected chi connectivity index (χ4v) is 8.86. The lowest BCUT2D eigenvalue weighted by molar-refractivity contribution is -0.169. The molecule has 29 heavy (non-hydrogen) atoms. The summed E-state index contributed by atoms with van der Waals surface area (Å²) < 4.78 is 4.86. The second-order valence-electron chi connectivity index (χ2n) is 11.6. The van der Waals surface area contributed by atoms with Crippen LogP contribution in [-0.2, 0) is 9.53 Å². The average Bonchev–Trinajstić information content (AvgIpc) is 3.06. The fourth-order valence-electron chi connectivity index (χ4n) is 8.86. The summed E-state index contributed by atoms with van der Waals surface area (Å²) in [6.07, 6.45) is 10.8. The van der Waals surface area contributed by atoms with Crippen LogP contribution >= 0.6 is 0 Å². The molecule has 166 valence electrons. The highest BCUT2D eigenvalue weighted by atomic mass is 16.5. The minimum atomic E-state index is -0.215. The van der Waals surface area contributed by atoms with Crippen LogP contribution in [0.15, 0.2) is 0 Å². The van der Waals surface area contributed by atoms with E-state index in [1.807, 2.05) is 0 Å². The van der Waals surface area contributed by atoms with Gasteiger partial charge in [0.1, 0.15) is 0 Å². The molecule has 0 spiro atoms. The predicted molar refractivity (Wildman–Crippen MR) is 115 cm³/mol. The van der Waals surface area contributed by atoms with Gasteiger partial charge in [0.15, 0.2) is 0 Å². The van der Waals surface area contributed by atoms with E-state index < -0.39 is 0 Å². The first kappa shape index (κ1) is 21.6. The third-order valence-electron chi connectivity index (χ3n) is 10.6.